The average Bonchev–Trinajstić information content (AvgIpc) is 3.56. The van der Waals surface area contributed by atoms with Crippen molar-refractivity contribution >= 4 is 23.4 Å². The first-order valence-electron chi connectivity index (χ1n) is 13.2. The number of pyridine rings is 1. The van der Waals surface area contributed by atoms with Crippen LogP contribution in [0, 0.1) is 6.92 Å². The number of nitrogens with zero attached hydrogens (tertiary/aromatic N) is 5. The molecule has 188 valence electrons. The zero-order valence-corrected chi connectivity index (χ0v) is 20.7. The molecule has 4 heterocycles. The highest BCUT2D eigenvalue weighted by molar-refractivity contribution is 5.87. The van der Waals surface area contributed by atoms with Gasteiger partial charge in [0.1, 0.15) is 18.5 Å². The highest BCUT2D eigenvalue weighted by Gasteiger charge is 2.37. The van der Waals surface area contributed by atoms with Gasteiger partial charge in [-0.2, -0.15) is 4.98 Å². The molecule has 3 aliphatic rings. The van der Waals surface area contributed by atoms with Gasteiger partial charge in [0.25, 0.3) is 0 Å². The molecule has 2 N–H and O–H groups in total. The summed E-state index contributed by atoms with van der Waals surface area (Å²) in [7, 11) is 0. The summed E-state index contributed by atoms with van der Waals surface area (Å²) in [5.74, 6) is 2.08. The smallest absolute Gasteiger partial charge is 0.242 e. The predicted molar refractivity (Wildman–Crippen MR) is 136 cm³/mol. The highest BCUT2D eigenvalue weighted by atomic mass is 16.5. The van der Waals surface area contributed by atoms with E-state index in [2.05, 4.69) is 30.4 Å². The minimum atomic E-state index is -0.164. The van der Waals surface area contributed by atoms with Crippen molar-refractivity contribution in [3.8, 4) is 5.88 Å². The molecule has 9 nitrogen and oxygen atoms in total. The van der Waals surface area contributed by atoms with Crippen LogP contribution >= 0.6 is 0 Å². The van der Waals surface area contributed by atoms with Gasteiger partial charge in [-0.1, -0.05) is 19.3 Å². The van der Waals surface area contributed by atoms with Gasteiger partial charge in [0.05, 0.1) is 11.9 Å². The SMILES string of the molecule is Cc1cnc(Nc2ccc(OCCN3CCCCC3)nc2)nc1N(C1CCCC1)C1CCNC1=O. The number of likely N-dealkylation sites (tertiary alicyclic amines) is 1. The third-order valence-electron chi connectivity index (χ3n) is 7.36. The number of nitrogens with one attached hydrogen (secondary N) is 2. The first-order valence-corrected chi connectivity index (χ1v) is 13.2. The van der Waals surface area contributed by atoms with E-state index in [4.69, 9.17) is 9.72 Å². The molecular weight excluding hydrogens is 442 g/mol. The Morgan fingerprint density at radius 3 is 2.63 bits per heavy atom. The maximum Gasteiger partial charge on any atom is 0.242 e. The number of aromatic nitrogens is 3. The van der Waals surface area contributed by atoms with Gasteiger partial charge in [-0.25, -0.2) is 9.97 Å². The standard InChI is InChI=1S/C26H37N7O2/c1-19-17-29-26(31-24(19)33(21-7-3-4-8-21)22-11-12-27-25(22)34)30-20-9-10-23(28-18-20)35-16-15-32-13-5-2-6-14-32/h9-10,17-18,21-22H,2-8,11-16H2,1H3,(H,27,34)(H,29,30,31). The van der Waals surface area contributed by atoms with Gasteiger partial charge in [0.15, 0.2) is 0 Å². The third-order valence-corrected chi connectivity index (χ3v) is 7.36. The van der Waals surface area contributed by atoms with Crippen LogP contribution in [0.5, 0.6) is 5.88 Å². The van der Waals surface area contributed by atoms with E-state index < -0.39 is 0 Å². The Labute approximate surface area is 207 Å². The van der Waals surface area contributed by atoms with Gasteiger partial charge < -0.3 is 20.3 Å². The Balaban J connectivity index is 1.24. The summed E-state index contributed by atoms with van der Waals surface area (Å²) >= 11 is 0. The van der Waals surface area contributed by atoms with Gasteiger partial charge in [-0.3, -0.25) is 9.69 Å². The number of hydrogen-bond donors (Lipinski definition) is 2. The Morgan fingerprint density at radius 2 is 1.91 bits per heavy atom. The summed E-state index contributed by atoms with van der Waals surface area (Å²) < 4.78 is 5.85. The average molecular weight is 480 g/mol. The minimum Gasteiger partial charge on any atom is -0.476 e. The summed E-state index contributed by atoms with van der Waals surface area (Å²) in [5.41, 5.74) is 1.78. The lowest BCUT2D eigenvalue weighted by molar-refractivity contribution is -0.120. The molecule has 2 aromatic heterocycles. The van der Waals surface area contributed by atoms with Gasteiger partial charge >= 0.3 is 0 Å². The van der Waals surface area contributed by atoms with Gasteiger partial charge in [0.2, 0.25) is 17.7 Å². The van der Waals surface area contributed by atoms with Crippen LogP contribution in [-0.4, -0.2) is 70.6 Å². The largest absolute Gasteiger partial charge is 0.476 e. The fourth-order valence-corrected chi connectivity index (χ4v) is 5.49. The van der Waals surface area contributed by atoms with E-state index in [-0.39, 0.29) is 11.9 Å². The molecule has 3 fully saturated rings. The number of carbonyl (C=O) groups is 1. The molecule has 0 radical (unpaired) electrons. The van der Waals surface area contributed by atoms with E-state index in [1.165, 1.54) is 45.2 Å². The van der Waals surface area contributed by atoms with Gasteiger partial charge in [-0.05, 0) is 58.2 Å². The van der Waals surface area contributed by atoms with Gasteiger partial charge in [0, 0.05) is 37.0 Å². The Bertz CT molecular complexity index is 988. The second kappa shape index (κ2) is 11.2. The van der Waals surface area contributed by atoms with E-state index in [0.29, 0.717) is 24.5 Å². The van der Waals surface area contributed by atoms with Crippen LogP contribution in [0.3, 0.4) is 0 Å². The second-order valence-electron chi connectivity index (χ2n) is 9.90. The van der Waals surface area contributed by atoms with Crippen molar-refractivity contribution in [1.29, 1.82) is 0 Å². The molecule has 1 unspecified atom stereocenters. The number of anilines is 3. The van der Waals surface area contributed by atoms with Crippen LogP contribution in [-0.2, 0) is 4.79 Å². The van der Waals surface area contributed by atoms with Crippen LogP contribution in [0.2, 0.25) is 0 Å². The van der Waals surface area contributed by atoms with E-state index in [9.17, 15) is 4.79 Å². The van der Waals surface area contributed by atoms with Crippen molar-refractivity contribution in [1.82, 2.24) is 25.2 Å². The van der Waals surface area contributed by atoms with Crippen LogP contribution in [0.25, 0.3) is 0 Å². The van der Waals surface area contributed by atoms with E-state index in [1.54, 1.807) is 6.20 Å². The number of hydrogen-bond acceptors (Lipinski definition) is 8. The van der Waals surface area contributed by atoms with Gasteiger partial charge in [-0.15, -0.1) is 0 Å². The summed E-state index contributed by atoms with van der Waals surface area (Å²) in [6.45, 7) is 6.67. The number of aryl methyl sites for hydroxylation is 1. The Hall–Kier alpha value is -2.94. The lowest BCUT2D eigenvalue weighted by Gasteiger charge is -2.35. The summed E-state index contributed by atoms with van der Waals surface area (Å²) in [4.78, 5) is 31.1. The maximum atomic E-state index is 12.6. The first-order chi connectivity index (χ1) is 17.2. The molecule has 2 aromatic rings. The molecule has 5 rings (SSSR count). The maximum absolute atomic E-state index is 12.6. The lowest BCUT2D eigenvalue weighted by Crippen LogP contribution is -2.47. The monoisotopic (exact) mass is 479 g/mol. The zero-order valence-electron chi connectivity index (χ0n) is 20.7. The van der Waals surface area contributed by atoms with E-state index >= 15 is 0 Å². The lowest BCUT2D eigenvalue weighted by atomic mass is 10.1. The van der Waals surface area contributed by atoms with Crippen LogP contribution < -0.4 is 20.3 Å². The molecule has 2 saturated heterocycles. The second-order valence-corrected chi connectivity index (χ2v) is 9.90. The summed E-state index contributed by atoms with van der Waals surface area (Å²) in [6.07, 6.45) is 12.9. The molecule has 1 amide bonds. The molecule has 1 saturated carbocycles. The van der Waals surface area contributed by atoms with Crippen LogP contribution in [0.4, 0.5) is 17.5 Å². The fourth-order valence-electron chi connectivity index (χ4n) is 5.49. The predicted octanol–water partition coefficient (Wildman–Crippen LogP) is 3.43. The van der Waals surface area contributed by atoms with E-state index in [1.807, 2.05) is 25.3 Å². The molecule has 0 bridgehead atoms. The molecule has 0 aromatic carbocycles. The highest BCUT2D eigenvalue weighted by Crippen LogP contribution is 2.33. The van der Waals surface area contributed by atoms with Crippen molar-refractivity contribution in [3.63, 3.8) is 0 Å². The Kier molecular flexibility index (Phi) is 7.61. The van der Waals surface area contributed by atoms with Crippen molar-refractivity contribution in [3.05, 3.63) is 30.1 Å². The van der Waals surface area contributed by atoms with Crippen LogP contribution in [0.1, 0.15) is 56.9 Å². The number of carbonyl (C=O) groups excluding carboxylic acids is 1. The van der Waals surface area contributed by atoms with Crippen molar-refractivity contribution < 1.29 is 9.53 Å². The topological polar surface area (TPSA) is 95.5 Å². The summed E-state index contributed by atoms with van der Waals surface area (Å²) in [6, 6.07) is 3.99. The van der Waals surface area contributed by atoms with Crippen LogP contribution in [0.15, 0.2) is 24.5 Å². The molecule has 0 spiro atoms. The third kappa shape index (κ3) is 5.83. The molecule has 2 aliphatic heterocycles. The van der Waals surface area contributed by atoms with E-state index in [0.717, 1.165) is 49.4 Å². The molecule has 9 heteroatoms. The number of amides is 1. The number of piperidine rings is 1. The Morgan fingerprint density at radius 1 is 1.09 bits per heavy atom. The van der Waals surface area contributed by atoms with Crippen molar-refractivity contribution in [2.75, 3.05) is 43.0 Å². The first kappa shape index (κ1) is 23.8. The zero-order chi connectivity index (χ0) is 24.0. The van der Waals surface area contributed by atoms with Crippen molar-refractivity contribution in [2.24, 2.45) is 0 Å². The molecule has 1 atom stereocenters. The number of ether oxygens (including phenoxy) is 1. The fraction of sp³-hybridized carbons (Fsp3) is 0.615. The quantitative estimate of drug-likeness (QED) is 0.565. The minimum absolute atomic E-state index is 0.101. The molecule has 35 heavy (non-hydrogen) atoms. The normalized spacial score (nSPS) is 21.2. The number of rotatable bonds is 9. The molecular formula is C26H37N7O2. The summed E-state index contributed by atoms with van der Waals surface area (Å²) in [5, 5.41) is 6.27. The molecule has 1 aliphatic carbocycles. The van der Waals surface area contributed by atoms with Crippen molar-refractivity contribution in [2.45, 2.75) is 70.4 Å².